The summed E-state index contributed by atoms with van der Waals surface area (Å²) in [6.07, 6.45) is 1.02. The number of ether oxygens (including phenoxy) is 3. The van der Waals surface area contributed by atoms with E-state index in [0.717, 1.165) is 54.3 Å². The van der Waals surface area contributed by atoms with Crippen LogP contribution >= 0.6 is 15.9 Å². The van der Waals surface area contributed by atoms with Crippen molar-refractivity contribution in [1.29, 1.82) is 0 Å². The van der Waals surface area contributed by atoms with Crippen LogP contribution in [0.5, 0.6) is 11.5 Å². The van der Waals surface area contributed by atoms with Gasteiger partial charge in [-0.25, -0.2) is 0 Å². The Labute approximate surface area is 129 Å². The number of methoxy groups -OCH3 is 1. The first-order valence-electron chi connectivity index (χ1n) is 7.00. The molecule has 0 aromatic heterocycles. The van der Waals surface area contributed by atoms with Crippen molar-refractivity contribution in [2.24, 2.45) is 0 Å². The van der Waals surface area contributed by atoms with Gasteiger partial charge in [-0.05, 0) is 60.4 Å². The maximum Gasteiger partial charge on any atom is 0.174 e. The zero-order valence-electron chi connectivity index (χ0n) is 12.5. The van der Waals surface area contributed by atoms with E-state index in [-0.39, 0.29) is 0 Å². The molecule has 0 saturated heterocycles. The van der Waals surface area contributed by atoms with E-state index in [2.05, 4.69) is 27.3 Å². The topological polar surface area (TPSA) is 39.7 Å². The fraction of sp³-hybridized carbons (Fsp3) is 0.600. The molecule has 1 aromatic carbocycles. The number of hydrogen-bond acceptors (Lipinski definition) is 4. The number of rotatable bonds is 10. The van der Waals surface area contributed by atoms with Crippen LogP contribution in [0.2, 0.25) is 0 Å². The van der Waals surface area contributed by atoms with Crippen LogP contribution in [0.25, 0.3) is 0 Å². The number of hydrogen-bond donors (Lipinski definition) is 1. The normalized spacial score (nSPS) is 10.6. The van der Waals surface area contributed by atoms with Crippen LogP contribution in [-0.2, 0) is 11.3 Å². The van der Waals surface area contributed by atoms with Crippen LogP contribution in [0.4, 0.5) is 0 Å². The van der Waals surface area contributed by atoms with Gasteiger partial charge in [-0.15, -0.1) is 0 Å². The van der Waals surface area contributed by atoms with E-state index in [4.69, 9.17) is 14.2 Å². The molecule has 0 aliphatic carbocycles. The Morgan fingerprint density at radius 2 is 2.00 bits per heavy atom. The van der Waals surface area contributed by atoms with Crippen molar-refractivity contribution < 1.29 is 14.2 Å². The van der Waals surface area contributed by atoms with Crippen LogP contribution < -0.4 is 14.8 Å². The molecule has 114 valence electrons. The average molecular weight is 346 g/mol. The van der Waals surface area contributed by atoms with Crippen LogP contribution in [0.3, 0.4) is 0 Å². The van der Waals surface area contributed by atoms with E-state index in [1.165, 1.54) is 0 Å². The van der Waals surface area contributed by atoms with Crippen molar-refractivity contribution >= 4 is 15.9 Å². The second-order valence-corrected chi connectivity index (χ2v) is 5.12. The monoisotopic (exact) mass is 345 g/mol. The lowest BCUT2D eigenvalue weighted by Crippen LogP contribution is -2.16. The van der Waals surface area contributed by atoms with E-state index in [0.29, 0.717) is 6.61 Å². The molecule has 20 heavy (non-hydrogen) atoms. The molecular weight excluding hydrogens is 322 g/mol. The summed E-state index contributed by atoms with van der Waals surface area (Å²) in [4.78, 5) is 0. The first-order valence-corrected chi connectivity index (χ1v) is 7.79. The summed E-state index contributed by atoms with van der Waals surface area (Å²) in [6.45, 7) is 7.92. The summed E-state index contributed by atoms with van der Waals surface area (Å²) in [6, 6.07) is 4.07. The lowest BCUT2D eigenvalue weighted by molar-refractivity contribution is 0.144. The Morgan fingerprint density at radius 3 is 2.65 bits per heavy atom. The van der Waals surface area contributed by atoms with Gasteiger partial charge >= 0.3 is 0 Å². The summed E-state index contributed by atoms with van der Waals surface area (Å²) < 4.78 is 17.2. The molecule has 4 nitrogen and oxygen atoms in total. The molecule has 0 bridgehead atoms. The van der Waals surface area contributed by atoms with Gasteiger partial charge in [0.25, 0.3) is 0 Å². The summed E-state index contributed by atoms with van der Waals surface area (Å²) >= 11 is 3.52. The third-order valence-electron chi connectivity index (χ3n) is 2.75. The van der Waals surface area contributed by atoms with Crippen LogP contribution in [-0.4, -0.2) is 33.5 Å². The quantitative estimate of drug-likeness (QED) is 0.660. The minimum absolute atomic E-state index is 0.619. The molecule has 0 aliphatic rings. The Kier molecular flexibility index (Phi) is 8.65. The Bertz CT molecular complexity index is 399. The standard InChI is InChI=1S/C15H24BrNO3/c1-4-19-8-6-7-17-11-12-9-13(16)15(18-3)14(10-12)20-5-2/h9-10,17H,4-8,11H2,1-3H3. The minimum atomic E-state index is 0.619. The van der Waals surface area contributed by atoms with Gasteiger partial charge in [0.1, 0.15) is 0 Å². The van der Waals surface area contributed by atoms with Crippen LogP contribution in [0.15, 0.2) is 16.6 Å². The van der Waals surface area contributed by atoms with E-state index in [9.17, 15) is 0 Å². The number of nitrogens with one attached hydrogen (secondary N) is 1. The first kappa shape index (κ1) is 17.3. The molecule has 5 heteroatoms. The van der Waals surface area contributed by atoms with Gasteiger partial charge in [0.05, 0.1) is 18.2 Å². The van der Waals surface area contributed by atoms with Crippen molar-refractivity contribution in [3.05, 3.63) is 22.2 Å². The van der Waals surface area contributed by atoms with Gasteiger partial charge in [-0.1, -0.05) is 0 Å². The number of halogens is 1. The van der Waals surface area contributed by atoms with Crippen molar-refractivity contribution in [1.82, 2.24) is 5.32 Å². The van der Waals surface area contributed by atoms with Gasteiger partial charge in [0.2, 0.25) is 0 Å². The van der Waals surface area contributed by atoms with Crippen LogP contribution in [0, 0.1) is 0 Å². The molecule has 0 radical (unpaired) electrons. The summed E-state index contributed by atoms with van der Waals surface area (Å²) in [5.41, 5.74) is 1.16. The van der Waals surface area contributed by atoms with Crippen molar-refractivity contribution in [3.63, 3.8) is 0 Å². The SMILES string of the molecule is CCOCCCNCc1cc(Br)c(OC)c(OCC)c1. The molecule has 0 aliphatic heterocycles. The molecule has 0 amide bonds. The highest BCUT2D eigenvalue weighted by Gasteiger charge is 2.10. The smallest absolute Gasteiger partial charge is 0.174 e. The summed E-state index contributed by atoms with van der Waals surface area (Å²) in [5, 5.41) is 3.40. The summed E-state index contributed by atoms with van der Waals surface area (Å²) in [5.74, 6) is 1.52. The second kappa shape index (κ2) is 10.0. The van der Waals surface area contributed by atoms with Crippen molar-refractivity contribution in [2.75, 3.05) is 33.5 Å². The zero-order valence-corrected chi connectivity index (χ0v) is 14.1. The van der Waals surface area contributed by atoms with Gasteiger partial charge < -0.3 is 19.5 Å². The van der Waals surface area contributed by atoms with Crippen LogP contribution in [0.1, 0.15) is 25.8 Å². The predicted molar refractivity (Wildman–Crippen MR) is 84.7 cm³/mol. The zero-order chi connectivity index (χ0) is 14.8. The lowest BCUT2D eigenvalue weighted by atomic mass is 10.2. The highest BCUT2D eigenvalue weighted by Crippen LogP contribution is 2.36. The fourth-order valence-corrected chi connectivity index (χ4v) is 2.51. The molecular formula is C15H24BrNO3. The second-order valence-electron chi connectivity index (χ2n) is 4.27. The molecule has 1 N–H and O–H groups in total. The largest absolute Gasteiger partial charge is 0.492 e. The van der Waals surface area contributed by atoms with Crippen molar-refractivity contribution in [3.8, 4) is 11.5 Å². The maximum atomic E-state index is 5.61. The molecule has 0 saturated carbocycles. The van der Waals surface area contributed by atoms with E-state index in [1.54, 1.807) is 7.11 Å². The van der Waals surface area contributed by atoms with Crippen molar-refractivity contribution in [2.45, 2.75) is 26.8 Å². The Morgan fingerprint density at radius 1 is 1.20 bits per heavy atom. The molecule has 0 atom stereocenters. The van der Waals surface area contributed by atoms with Gasteiger partial charge in [0.15, 0.2) is 11.5 Å². The highest BCUT2D eigenvalue weighted by molar-refractivity contribution is 9.10. The first-order chi connectivity index (χ1) is 9.72. The highest BCUT2D eigenvalue weighted by atomic mass is 79.9. The van der Waals surface area contributed by atoms with Gasteiger partial charge in [0, 0.05) is 19.8 Å². The van der Waals surface area contributed by atoms with Gasteiger partial charge in [-0.2, -0.15) is 0 Å². The summed E-state index contributed by atoms with van der Waals surface area (Å²) in [7, 11) is 1.65. The van der Waals surface area contributed by atoms with E-state index < -0.39 is 0 Å². The van der Waals surface area contributed by atoms with E-state index >= 15 is 0 Å². The third kappa shape index (κ3) is 5.69. The van der Waals surface area contributed by atoms with E-state index in [1.807, 2.05) is 19.9 Å². The average Bonchev–Trinajstić information content (AvgIpc) is 2.43. The molecule has 1 rings (SSSR count). The molecule has 0 spiro atoms. The molecule has 1 aromatic rings. The lowest BCUT2D eigenvalue weighted by Gasteiger charge is -2.13. The third-order valence-corrected chi connectivity index (χ3v) is 3.34. The molecule has 0 fully saturated rings. The maximum absolute atomic E-state index is 5.61. The number of benzene rings is 1. The minimum Gasteiger partial charge on any atom is -0.492 e. The predicted octanol–water partition coefficient (Wildman–Crippen LogP) is 3.37. The molecule has 0 heterocycles. The fourth-order valence-electron chi connectivity index (χ4n) is 1.86. The Hall–Kier alpha value is -0.780. The molecule has 0 unspecified atom stereocenters. The van der Waals surface area contributed by atoms with Gasteiger partial charge in [-0.3, -0.25) is 0 Å². The Balaban J connectivity index is 2.53.